The standard InChI is InChI=1S/C21H25FN2O2/c1-23(2)7-8-26-13-20-18-11-24(12-19(18)20)21(25)16-4-3-15-10-17(22)6-5-14(15)9-16/h3-6,9-10,18-20H,7-8,11-13H2,1-2H3. The summed E-state index contributed by atoms with van der Waals surface area (Å²) >= 11 is 0. The van der Waals surface area contributed by atoms with Crippen LogP contribution < -0.4 is 0 Å². The number of hydrogen-bond acceptors (Lipinski definition) is 3. The van der Waals surface area contributed by atoms with Gasteiger partial charge in [0.1, 0.15) is 5.82 Å². The van der Waals surface area contributed by atoms with E-state index in [2.05, 4.69) is 4.90 Å². The summed E-state index contributed by atoms with van der Waals surface area (Å²) in [6, 6.07) is 10.1. The first-order chi connectivity index (χ1) is 12.5. The van der Waals surface area contributed by atoms with Crippen LogP contribution in [0.25, 0.3) is 10.8 Å². The Labute approximate surface area is 153 Å². The van der Waals surface area contributed by atoms with Gasteiger partial charge in [-0.1, -0.05) is 12.1 Å². The highest BCUT2D eigenvalue weighted by atomic mass is 19.1. The molecule has 1 saturated heterocycles. The van der Waals surface area contributed by atoms with Gasteiger partial charge in [-0.3, -0.25) is 4.79 Å². The fourth-order valence-electron chi connectivity index (χ4n) is 4.06. The van der Waals surface area contributed by atoms with E-state index in [-0.39, 0.29) is 11.7 Å². The van der Waals surface area contributed by atoms with Crippen molar-refractivity contribution >= 4 is 16.7 Å². The first-order valence-electron chi connectivity index (χ1n) is 9.24. The van der Waals surface area contributed by atoms with Crippen molar-refractivity contribution in [2.45, 2.75) is 0 Å². The molecule has 1 aliphatic heterocycles. The molecule has 2 aliphatic rings. The largest absolute Gasteiger partial charge is 0.380 e. The highest BCUT2D eigenvalue weighted by Gasteiger charge is 2.56. The van der Waals surface area contributed by atoms with Gasteiger partial charge in [0.2, 0.25) is 0 Å². The third kappa shape index (κ3) is 3.46. The van der Waals surface area contributed by atoms with Crippen LogP contribution in [-0.2, 0) is 4.74 Å². The maximum atomic E-state index is 13.3. The van der Waals surface area contributed by atoms with Gasteiger partial charge in [0.05, 0.1) is 13.2 Å². The molecule has 4 nitrogen and oxygen atoms in total. The molecule has 1 amide bonds. The van der Waals surface area contributed by atoms with Crippen LogP contribution in [0.2, 0.25) is 0 Å². The predicted molar refractivity (Wildman–Crippen MR) is 99.7 cm³/mol. The summed E-state index contributed by atoms with van der Waals surface area (Å²) in [5.74, 6) is 1.62. The average Bonchev–Trinajstić information content (AvgIpc) is 3.06. The van der Waals surface area contributed by atoms with Crippen LogP contribution in [0.15, 0.2) is 36.4 Å². The molecule has 1 aliphatic carbocycles. The number of fused-ring (bicyclic) bond motifs is 2. The van der Waals surface area contributed by atoms with Crippen molar-refractivity contribution in [2.75, 3.05) is 46.9 Å². The van der Waals surface area contributed by atoms with Crippen LogP contribution in [0.5, 0.6) is 0 Å². The maximum Gasteiger partial charge on any atom is 0.253 e. The number of rotatable bonds is 6. The number of halogens is 1. The van der Waals surface area contributed by atoms with Crippen molar-refractivity contribution in [3.8, 4) is 0 Å². The molecular formula is C21H25FN2O2. The van der Waals surface area contributed by atoms with Gasteiger partial charge in [-0.15, -0.1) is 0 Å². The molecule has 138 valence electrons. The molecule has 2 fully saturated rings. The van der Waals surface area contributed by atoms with E-state index in [0.717, 1.165) is 43.6 Å². The Balaban J connectivity index is 1.32. The van der Waals surface area contributed by atoms with E-state index in [4.69, 9.17) is 4.74 Å². The summed E-state index contributed by atoms with van der Waals surface area (Å²) in [6.45, 7) is 4.17. The van der Waals surface area contributed by atoms with Crippen molar-refractivity contribution in [1.29, 1.82) is 0 Å². The molecule has 0 radical (unpaired) electrons. The second kappa shape index (κ2) is 6.97. The molecule has 0 N–H and O–H groups in total. The summed E-state index contributed by atoms with van der Waals surface area (Å²) in [5, 5.41) is 1.72. The lowest BCUT2D eigenvalue weighted by Crippen LogP contribution is -2.32. The number of hydrogen-bond donors (Lipinski definition) is 0. The monoisotopic (exact) mass is 356 g/mol. The van der Waals surface area contributed by atoms with Gasteiger partial charge in [-0.25, -0.2) is 4.39 Å². The van der Waals surface area contributed by atoms with Crippen LogP contribution in [0.1, 0.15) is 10.4 Å². The van der Waals surface area contributed by atoms with Crippen molar-refractivity contribution in [1.82, 2.24) is 9.80 Å². The molecule has 2 atom stereocenters. The minimum absolute atomic E-state index is 0.0794. The number of amides is 1. The first kappa shape index (κ1) is 17.4. The Morgan fingerprint density at radius 3 is 2.58 bits per heavy atom. The van der Waals surface area contributed by atoms with Gasteiger partial charge < -0.3 is 14.5 Å². The molecule has 4 rings (SSSR count). The lowest BCUT2D eigenvalue weighted by molar-refractivity contribution is 0.0721. The Bertz CT molecular complexity index is 811. The second-order valence-corrected chi connectivity index (χ2v) is 7.79. The molecule has 26 heavy (non-hydrogen) atoms. The molecule has 1 saturated carbocycles. The van der Waals surface area contributed by atoms with Crippen molar-refractivity contribution < 1.29 is 13.9 Å². The molecule has 0 aromatic heterocycles. The fraction of sp³-hybridized carbons (Fsp3) is 0.476. The zero-order valence-corrected chi connectivity index (χ0v) is 15.3. The molecule has 0 spiro atoms. The lowest BCUT2D eigenvalue weighted by Gasteiger charge is -2.20. The number of carbonyl (C=O) groups is 1. The zero-order valence-electron chi connectivity index (χ0n) is 15.3. The number of ether oxygens (including phenoxy) is 1. The molecule has 1 heterocycles. The summed E-state index contributed by atoms with van der Waals surface area (Å²) < 4.78 is 19.1. The van der Waals surface area contributed by atoms with Crippen molar-refractivity contribution in [2.24, 2.45) is 17.8 Å². The third-order valence-corrected chi connectivity index (χ3v) is 5.70. The Morgan fingerprint density at radius 1 is 1.15 bits per heavy atom. The van der Waals surface area contributed by atoms with E-state index in [1.165, 1.54) is 12.1 Å². The van der Waals surface area contributed by atoms with Gasteiger partial charge >= 0.3 is 0 Å². The van der Waals surface area contributed by atoms with Crippen LogP contribution in [0, 0.1) is 23.6 Å². The highest BCUT2D eigenvalue weighted by Crippen LogP contribution is 2.52. The van der Waals surface area contributed by atoms with Gasteiger partial charge in [-0.2, -0.15) is 0 Å². The van der Waals surface area contributed by atoms with Gasteiger partial charge in [0.15, 0.2) is 0 Å². The normalized spacial score (nSPS) is 24.3. The summed E-state index contributed by atoms with van der Waals surface area (Å²) in [4.78, 5) is 16.9. The molecule has 0 bridgehead atoms. The number of likely N-dealkylation sites (N-methyl/N-ethyl adjacent to an activating group) is 1. The van der Waals surface area contributed by atoms with E-state index in [1.54, 1.807) is 12.1 Å². The average molecular weight is 356 g/mol. The topological polar surface area (TPSA) is 32.8 Å². The minimum Gasteiger partial charge on any atom is -0.380 e. The van der Waals surface area contributed by atoms with E-state index in [1.807, 2.05) is 31.1 Å². The second-order valence-electron chi connectivity index (χ2n) is 7.79. The van der Waals surface area contributed by atoms with E-state index in [9.17, 15) is 9.18 Å². The molecule has 2 unspecified atom stereocenters. The summed E-state index contributed by atoms with van der Waals surface area (Å²) in [5.41, 5.74) is 0.684. The Hall–Kier alpha value is -1.98. The number of nitrogens with zero attached hydrogens (tertiary/aromatic N) is 2. The lowest BCUT2D eigenvalue weighted by atomic mass is 10.1. The fourth-order valence-corrected chi connectivity index (χ4v) is 4.06. The van der Waals surface area contributed by atoms with Gasteiger partial charge in [0, 0.05) is 25.2 Å². The van der Waals surface area contributed by atoms with Crippen molar-refractivity contribution in [3.63, 3.8) is 0 Å². The summed E-state index contributed by atoms with van der Waals surface area (Å²) in [7, 11) is 4.09. The Morgan fingerprint density at radius 2 is 1.85 bits per heavy atom. The number of carbonyl (C=O) groups excluding carboxylic acids is 1. The van der Waals surface area contributed by atoms with Crippen LogP contribution >= 0.6 is 0 Å². The third-order valence-electron chi connectivity index (χ3n) is 5.70. The minimum atomic E-state index is -0.255. The molecular weight excluding hydrogens is 331 g/mol. The maximum absolute atomic E-state index is 13.3. The first-order valence-corrected chi connectivity index (χ1v) is 9.24. The smallest absolute Gasteiger partial charge is 0.253 e. The number of benzene rings is 2. The molecule has 5 heteroatoms. The SMILES string of the molecule is CN(C)CCOCC1C2CN(C(=O)c3ccc4cc(F)ccc4c3)CC12. The Kier molecular flexibility index (Phi) is 4.67. The number of likely N-dealkylation sites (tertiary alicyclic amines) is 1. The zero-order chi connectivity index (χ0) is 18.3. The van der Waals surface area contributed by atoms with Crippen LogP contribution in [0.4, 0.5) is 4.39 Å². The highest BCUT2D eigenvalue weighted by molar-refractivity contribution is 5.98. The molecule has 2 aromatic rings. The quantitative estimate of drug-likeness (QED) is 0.746. The van der Waals surface area contributed by atoms with E-state index in [0.29, 0.717) is 23.3 Å². The van der Waals surface area contributed by atoms with Crippen LogP contribution in [0.3, 0.4) is 0 Å². The van der Waals surface area contributed by atoms with E-state index >= 15 is 0 Å². The van der Waals surface area contributed by atoms with E-state index < -0.39 is 0 Å². The molecule has 2 aromatic carbocycles. The van der Waals surface area contributed by atoms with Gasteiger partial charge in [-0.05, 0) is 66.9 Å². The van der Waals surface area contributed by atoms with Crippen molar-refractivity contribution in [3.05, 3.63) is 47.8 Å². The summed E-state index contributed by atoms with van der Waals surface area (Å²) in [6.07, 6.45) is 0. The number of piperidine rings is 1. The predicted octanol–water partition coefficient (Wildman–Crippen LogP) is 2.88. The van der Waals surface area contributed by atoms with Gasteiger partial charge in [0.25, 0.3) is 5.91 Å². The van der Waals surface area contributed by atoms with Crippen LogP contribution in [-0.4, -0.2) is 62.7 Å².